The molecule has 0 aromatic carbocycles. The molecule has 0 aliphatic carbocycles. The van der Waals surface area contributed by atoms with E-state index in [-0.39, 0.29) is 0 Å². The normalized spacial score (nSPS) is 9.83. The highest BCUT2D eigenvalue weighted by atomic mass is 32.2. The van der Waals surface area contributed by atoms with Gasteiger partial charge in [-0.05, 0) is 0 Å². The Kier molecular flexibility index (Phi) is 25.8. The zero-order valence-corrected chi connectivity index (χ0v) is 27.9. The highest BCUT2D eigenvalue weighted by Gasteiger charge is 2.57. The Morgan fingerprint density at radius 1 is 0.277 bits per heavy atom. The second kappa shape index (κ2) is 23.4. The lowest BCUT2D eigenvalue weighted by atomic mass is 8.27. The molecule has 158 valence electrons. The van der Waals surface area contributed by atoms with Gasteiger partial charge in [0.05, 0.1) is 6.26 Å². The van der Waals surface area contributed by atoms with Crippen molar-refractivity contribution in [2.24, 2.45) is 5.14 Å². The molecule has 44 radical (unpaired) electrons. The molecule has 0 saturated heterocycles. The van der Waals surface area contributed by atoms with Crippen molar-refractivity contribution in [3.63, 3.8) is 0 Å². The quantitative estimate of drug-likeness (QED) is 0.163. The van der Waals surface area contributed by atoms with Crippen molar-refractivity contribution in [3.8, 4) is 0 Å². The maximum atomic E-state index is 9.41. The second-order valence-electron chi connectivity index (χ2n) is 12.4. The zero-order valence-electron chi connectivity index (χ0n) is 27.1. The molecule has 0 aromatic heterocycles. The maximum absolute atomic E-state index is 9.41. The molecular formula is CH5B42NO2S. The summed E-state index contributed by atoms with van der Waals surface area (Å²) in [5, 5.41) is 4.33. The van der Waals surface area contributed by atoms with Gasteiger partial charge < -0.3 is 0 Å². The molecule has 2 N–H and O–H groups in total. The van der Waals surface area contributed by atoms with Crippen LogP contribution in [0.4, 0.5) is 0 Å². The Labute approximate surface area is 325 Å². The number of hydrogen-bond acceptors (Lipinski definition) is 2. The molecule has 0 spiro atoms. The molecule has 0 aromatic rings. The van der Waals surface area contributed by atoms with Crippen LogP contribution in [0.3, 0.4) is 0 Å². The summed E-state index contributed by atoms with van der Waals surface area (Å²) in [4.78, 5) is 0. The summed E-state index contributed by atoms with van der Waals surface area (Å²) in [7, 11) is 135. The molecule has 0 atom stereocenters. The predicted molar refractivity (Wildman–Crippen MR) is 261 cm³/mol. The van der Waals surface area contributed by atoms with Gasteiger partial charge in [0.25, 0.3) is 0 Å². The SMILES string of the molecule is CS(N)(=O)=O.[B]B([B])B(B([B])[B])B(B([B])[B])B(B(B(B([B])[B])B([B])[B])B(B([B])[B])B([B])[B])B(B(B([B])[B])B([B])[B])B(B([B])[B])B([B])[B]. The third-order valence-electron chi connectivity index (χ3n) is 8.44. The van der Waals surface area contributed by atoms with Gasteiger partial charge in [-0.15, -0.1) is 0 Å². The van der Waals surface area contributed by atoms with Crippen LogP contribution in [-0.4, -0.2) is 313 Å². The molecule has 0 aliphatic heterocycles. The van der Waals surface area contributed by atoms with Crippen LogP contribution < -0.4 is 5.14 Å². The van der Waals surface area contributed by atoms with Crippen LogP contribution >= 0.6 is 0 Å². The van der Waals surface area contributed by atoms with Gasteiger partial charge in [0.1, 0.15) is 0 Å². The van der Waals surface area contributed by atoms with Crippen molar-refractivity contribution in [2.75, 3.05) is 6.26 Å². The smallest absolute Gasteiger partial charge is 0.206 e. The first-order chi connectivity index (χ1) is 21.0. The summed E-state index contributed by atoms with van der Waals surface area (Å²) in [6, 6.07) is 0. The van der Waals surface area contributed by atoms with Crippen LogP contribution in [0.2, 0.25) is 0 Å². The topological polar surface area (TPSA) is 60.2 Å². The molecule has 0 unspecified atom stereocenters. The number of nitrogens with two attached hydrogens (primary N) is 1. The average molecular weight is 549 g/mol. The minimum atomic E-state index is -3.17. The van der Waals surface area contributed by atoms with Crippen LogP contribution in [0.5, 0.6) is 0 Å². The van der Waals surface area contributed by atoms with Gasteiger partial charge in [0, 0.05) is 298 Å². The number of sulfonamides is 1. The summed E-state index contributed by atoms with van der Waals surface area (Å²) < 4.78 is 18.8. The van der Waals surface area contributed by atoms with E-state index in [4.69, 9.17) is 170 Å². The van der Waals surface area contributed by atoms with Crippen molar-refractivity contribution in [3.05, 3.63) is 0 Å². The van der Waals surface area contributed by atoms with E-state index in [0.29, 0.717) is 0 Å². The van der Waals surface area contributed by atoms with Gasteiger partial charge in [-0.1, -0.05) is 0 Å². The molecule has 0 rings (SSSR count). The first kappa shape index (κ1) is 51.7. The molecule has 3 nitrogen and oxygen atoms in total. The van der Waals surface area contributed by atoms with E-state index in [0.717, 1.165) is 6.26 Å². The van der Waals surface area contributed by atoms with E-state index >= 15 is 0 Å². The van der Waals surface area contributed by atoms with Gasteiger partial charge >= 0.3 is 0 Å². The Morgan fingerprint density at radius 2 is 0.362 bits per heavy atom. The number of rotatable bonds is 19. The highest BCUT2D eigenvalue weighted by Crippen LogP contribution is 2.19. The van der Waals surface area contributed by atoms with E-state index in [1.54, 1.807) is 0 Å². The first-order valence-corrected chi connectivity index (χ1v) is 16.6. The number of primary sulfonamides is 1. The van der Waals surface area contributed by atoms with Crippen molar-refractivity contribution in [1.82, 2.24) is 0 Å². The molecule has 0 heterocycles. The fourth-order valence-electron chi connectivity index (χ4n) is 6.93. The van der Waals surface area contributed by atoms with E-state index in [9.17, 15) is 8.42 Å². The average Bonchev–Trinajstić information content (AvgIpc) is 2.79. The van der Waals surface area contributed by atoms with E-state index in [1.807, 2.05) is 0 Å². The van der Waals surface area contributed by atoms with Crippen molar-refractivity contribution in [1.29, 1.82) is 0 Å². The van der Waals surface area contributed by atoms with Crippen LogP contribution in [0, 0.1) is 0 Å². The van der Waals surface area contributed by atoms with Crippen LogP contribution in [0.1, 0.15) is 0 Å². The molecule has 0 bridgehead atoms. The van der Waals surface area contributed by atoms with Crippen LogP contribution in [0.25, 0.3) is 0 Å². The molecule has 46 heteroatoms. The lowest BCUT2D eigenvalue weighted by Gasteiger charge is -2.55. The minimum absolute atomic E-state index is 0.938. The summed E-state index contributed by atoms with van der Waals surface area (Å²) >= 11 is 0. The van der Waals surface area contributed by atoms with Gasteiger partial charge in [0.2, 0.25) is 10.0 Å². The third kappa shape index (κ3) is 17.1. The van der Waals surface area contributed by atoms with E-state index in [1.165, 1.54) is 0 Å². The Hall–Kier alpha value is 2.64. The lowest BCUT2D eigenvalue weighted by molar-refractivity contribution is 0.603. The fourth-order valence-corrected chi connectivity index (χ4v) is 6.93. The lowest BCUT2D eigenvalue weighted by Crippen LogP contribution is -2.93. The van der Waals surface area contributed by atoms with Gasteiger partial charge in [0.15, 0.2) is 0 Å². The fraction of sp³-hybridized carbons (Fsp3) is 1.00. The largest absolute Gasteiger partial charge is 0.229 e. The Morgan fingerprint density at radius 3 is 0.468 bits per heavy atom. The molecule has 0 saturated carbocycles. The highest BCUT2D eigenvalue weighted by molar-refractivity contribution is 8.33. The summed E-state index contributed by atoms with van der Waals surface area (Å²) in [5.41, 5.74) is 0. The molecule has 0 amide bonds. The third-order valence-corrected chi connectivity index (χ3v) is 8.44. The van der Waals surface area contributed by atoms with E-state index in [2.05, 4.69) is 5.14 Å². The molecular weight excluding hydrogens is 544 g/mol. The zero-order chi connectivity index (χ0) is 38.0. The Bertz CT molecular complexity index is 787. The van der Waals surface area contributed by atoms with Gasteiger partial charge in [-0.3, -0.25) is 0 Å². The summed E-state index contributed by atoms with van der Waals surface area (Å²) in [6.07, 6.45) is -22.5. The minimum Gasteiger partial charge on any atom is -0.229 e. The summed E-state index contributed by atoms with van der Waals surface area (Å²) in [6.45, 7) is 0. The second-order valence-corrected chi connectivity index (χ2v) is 14.0. The van der Waals surface area contributed by atoms with Crippen molar-refractivity contribution in [2.45, 2.75) is 0 Å². The van der Waals surface area contributed by atoms with Crippen LogP contribution in [0.15, 0.2) is 0 Å². The molecule has 0 fully saturated rings. The standard InChI is InChI=1S/CH5NO2S.B42/c1-5(2,3)4;1-23(2)34(24(3)4)39(33(21)22)42(40(35(25(5)6)26(7)8)36(27(9)10)28(11)12)41(37(29(13)14)30(15)16)38(31(17)18)32(19)20/h1H3,(H2,2,3,4);. The predicted octanol–water partition coefficient (Wildman–Crippen LogP) is -17.1. The maximum Gasteiger partial charge on any atom is 0.206 e. The summed E-state index contributed by atoms with van der Waals surface area (Å²) in [5.74, 6) is 0. The van der Waals surface area contributed by atoms with Crippen molar-refractivity contribution < 1.29 is 8.42 Å². The monoisotopic (exact) mass is 557 g/mol. The van der Waals surface area contributed by atoms with Crippen molar-refractivity contribution >= 4 is 308 Å². The Balaban J connectivity index is 0. The molecule has 47 heavy (non-hydrogen) atoms. The van der Waals surface area contributed by atoms with Gasteiger partial charge in [-0.25, -0.2) is 13.6 Å². The van der Waals surface area contributed by atoms with E-state index < -0.39 is 138 Å². The first-order valence-electron chi connectivity index (χ1n) is 14.6. The molecule has 0 aliphatic rings. The number of hydrogen-bond donors (Lipinski definition) is 1. The van der Waals surface area contributed by atoms with Crippen LogP contribution in [-0.2, 0) is 10.0 Å². The van der Waals surface area contributed by atoms with Gasteiger partial charge in [-0.2, -0.15) is 0 Å².